The largest absolute Gasteiger partial charge is 0.392 e. The quantitative estimate of drug-likeness (QED) is 0.354. The molecule has 0 spiro atoms. The number of carbonyl (C=O) groups is 1. The standard InChI is InChI=1S/C26H37NO2/c1-19-9-6-7-11-21(19)17-23(28)12-13-24-25-16-20(15-22(25)18-26(24)29)10-5-4-8-14-27(2)3/h6-7,9,11-13,15,22,24-26,29H,4-5,8,10,14,16-18H2,1-3H3/b13-12+/t22-,24+,25-,26+/m0/s1. The predicted molar refractivity (Wildman–Crippen MR) is 120 cm³/mol. The van der Waals surface area contributed by atoms with Crippen LogP contribution in [0.2, 0.25) is 0 Å². The summed E-state index contributed by atoms with van der Waals surface area (Å²) in [5.41, 5.74) is 3.82. The topological polar surface area (TPSA) is 40.5 Å². The summed E-state index contributed by atoms with van der Waals surface area (Å²) in [6.45, 7) is 3.21. The van der Waals surface area contributed by atoms with E-state index >= 15 is 0 Å². The van der Waals surface area contributed by atoms with Crippen molar-refractivity contribution in [1.82, 2.24) is 4.90 Å². The maximum Gasteiger partial charge on any atom is 0.159 e. The van der Waals surface area contributed by atoms with E-state index in [1.54, 1.807) is 11.6 Å². The van der Waals surface area contributed by atoms with Crippen molar-refractivity contribution < 1.29 is 9.90 Å². The highest BCUT2D eigenvalue weighted by Crippen LogP contribution is 2.48. The summed E-state index contributed by atoms with van der Waals surface area (Å²) in [4.78, 5) is 14.7. The van der Waals surface area contributed by atoms with E-state index in [2.05, 4.69) is 25.1 Å². The zero-order chi connectivity index (χ0) is 20.8. The third-order valence-electron chi connectivity index (χ3n) is 6.68. The first-order chi connectivity index (χ1) is 13.9. The number of allylic oxidation sites excluding steroid dienone is 3. The number of aliphatic hydroxyl groups is 1. The Hall–Kier alpha value is -1.71. The SMILES string of the molecule is Cc1ccccc1CC(=O)/C=C/[C@@H]1[C@H]2CC(CCCCCN(C)C)=C[C@H]2C[C@H]1O. The second-order valence-electron chi connectivity index (χ2n) is 9.28. The van der Waals surface area contributed by atoms with Crippen molar-refractivity contribution in [2.45, 2.75) is 58.0 Å². The molecular formula is C26H37NO2. The van der Waals surface area contributed by atoms with Crippen LogP contribution in [0.15, 0.2) is 48.1 Å². The molecule has 0 amide bonds. The predicted octanol–water partition coefficient (Wildman–Crippen LogP) is 4.73. The Kier molecular flexibility index (Phi) is 7.85. The van der Waals surface area contributed by atoms with Crippen LogP contribution in [0, 0.1) is 24.7 Å². The van der Waals surface area contributed by atoms with E-state index in [-0.39, 0.29) is 17.8 Å². The van der Waals surface area contributed by atoms with Crippen molar-refractivity contribution in [3.8, 4) is 0 Å². The number of fused-ring (bicyclic) bond motifs is 1. The van der Waals surface area contributed by atoms with Gasteiger partial charge < -0.3 is 10.0 Å². The first kappa shape index (κ1) is 22.0. The Balaban J connectivity index is 1.48. The second-order valence-corrected chi connectivity index (χ2v) is 9.28. The molecule has 0 aliphatic heterocycles. The van der Waals surface area contributed by atoms with Gasteiger partial charge in [-0.15, -0.1) is 0 Å². The molecule has 0 heterocycles. The molecule has 4 atom stereocenters. The van der Waals surface area contributed by atoms with E-state index < -0.39 is 0 Å². The number of aliphatic hydroxyl groups excluding tert-OH is 1. The molecule has 3 nitrogen and oxygen atoms in total. The normalized spacial score (nSPS) is 26.3. The highest BCUT2D eigenvalue weighted by Gasteiger charge is 2.43. The van der Waals surface area contributed by atoms with Crippen LogP contribution in [0.5, 0.6) is 0 Å². The maximum absolute atomic E-state index is 12.5. The van der Waals surface area contributed by atoms with E-state index in [1.165, 1.54) is 32.2 Å². The van der Waals surface area contributed by atoms with Gasteiger partial charge in [0.2, 0.25) is 0 Å². The molecule has 1 N–H and O–H groups in total. The lowest BCUT2D eigenvalue weighted by atomic mass is 9.88. The molecule has 0 bridgehead atoms. The molecule has 1 aromatic rings. The summed E-state index contributed by atoms with van der Waals surface area (Å²) in [5, 5.41) is 10.5. The molecule has 1 saturated carbocycles. The molecule has 0 aromatic heterocycles. The van der Waals surface area contributed by atoms with Crippen LogP contribution in [0.25, 0.3) is 0 Å². The molecule has 3 rings (SSSR count). The van der Waals surface area contributed by atoms with Gasteiger partial charge in [-0.25, -0.2) is 0 Å². The fraction of sp³-hybridized carbons (Fsp3) is 0.577. The summed E-state index contributed by atoms with van der Waals surface area (Å²) in [6.07, 6.45) is 13.2. The molecule has 1 aromatic carbocycles. The van der Waals surface area contributed by atoms with E-state index in [4.69, 9.17) is 0 Å². The van der Waals surface area contributed by atoms with Crippen molar-refractivity contribution in [2.24, 2.45) is 17.8 Å². The van der Waals surface area contributed by atoms with Crippen molar-refractivity contribution in [2.75, 3.05) is 20.6 Å². The van der Waals surface area contributed by atoms with Crippen LogP contribution in [0.3, 0.4) is 0 Å². The first-order valence-corrected chi connectivity index (χ1v) is 11.2. The average Bonchev–Trinajstić information content (AvgIpc) is 3.18. The average molecular weight is 396 g/mol. The lowest BCUT2D eigenvalue weighted by Gasteiger charge is -2.18. The van der Waals surface area contributed by atoms with Crippen molar-refractivity contribution in [3.05, 3.63) is 59.2 Å². The number of hydrogen-bond donors (Lipinski definition) is 1. The van der Waals surface area contributed by atoms with Crippen molar-refractivity contribution in [1.29, 1.82) is 0 Å². The highest BCUT2D eigenvalue weighted by molar-refractivity contribution is 5.91. The summed E-state index contributed by atoms with van der Waals surface area (Å²) < 4.78 is 0. The maximum atomic E-state index is 12.5. The van der Waals surface area contributed by atoms with Gasteiger partial charge in [0.1, 0.15) is 0 Å². The zero-order valence-corrected chi connectivity index (χ0v) is 18.3. The van der Waals surface area contributed by atoms with Crippen LogP contribution in [-0.4, -0.2) is 42.5 Å². The Morgan fingerprint density at radius 2 is 2.00 bits per heavy atom. The Labute approximate surface area is 176 Å². The highest BCUT2D eigenvalue weighted by atomic mass is 16.3. The minimum atomic E-state index is -0.314. The monoisotopic (exact) mass is 395 g/mol. The number of rotatable bonds is 10. The Morgan fingerprint density at radius 3 is 2.76 bits per heavy atom. The van der Waals surface area contributed by atoms with Gasteiger partial charge in [0.15, 0.2) is 5.78 Å². The third kappa shape index (κ3) is 6.13. The Morgan fingerprint density at radius 1 is 1.21 bits per heavy atom. The fourth-order valence-corrected chi connectivity index (χ4v) is 5.02. The zero-order valence-electron chi connectivity index (χ0n) is 18.3. The molecule has 2 aliphatic rings. The van der Waals surface area contributed by atoms with Crippen molar-refractivity contribution >= 4 is 5.78 Å². The van der Waals surface area contributed by atoms with Gasteiger partial charge in [0, 0.05) is 12.3 Å². The first-order valence-electron chi connectivity index (χ1n) is 11.2. The van der Waals surface area contributed by atoms with E-state index in [9.17, 15) is 9.90 Å². The molecule has 0 unspecified atom stereocenters. The van der Waals surface area contributed by atoms with Crippen LogP contribution in [0.1, 0.15) is 49.7 Å². The van der Waals surface area contributed by atoms with Crippen LogP contribution in [0.4, 0.5) is 0 Å². The molecular weight excluding hydrogens is 358 g/mol. The van der Waals surface area contributed by atoms with Gasteiger partial charge in [-0.3, -0.25) is 4.79 Å². The molecule has 158 valence electrons. The lowest BCUT2D eigenvalue weighted by Crippen LogP contribution is -2.17. The summed E-state index contributed by atoms with van der Waals surface area (Å²) >= 11 is 0. The van der Waals surface area contributed by atoms with Gasteiger partial charge in [-0.05, 0) is 88.7 Å². The van der Waals surface area contributed by atoms with Crippen LogP contribution >= 0.6 is 0 Å². The van der Waals surface area contributed by atoms with Gasteiger partial charge in [-0.2, -0.15) is 0 Å². The van der Waals surface area contributed by atoms with Gasteiger partial charge in [-0.1, -0.05) is 48.4 Å². The third-order valence-corrected chi connectivity index (χ3v) is 6.68. The van der Waals surface area contributed by atoms with Crippen LogP contribution < -0.4 is 0 Å². The smallest absolute Gasteiger partial charge is 0.159 e. The number of nitrogens with zero attached hydrogens (tertiary/aromatic N) is 1. The number of unbranched alkanes of at least 4 members (excludes halogenated alkanes) is 2. The van der Waals surface area contributed by atoms with E-state index in [1.807, 2.05) is 37.3 Å². The minimum Gasteiger partial charge on any atom is -0.392 e. The summed E-state index contributed by atoms with van der Waals surface area (Å²) in [6, 6.07) is 8.05. The van der Waals surface area contributed by atoms with E-state index in [0.717, 1.165) is 24.0 Å². The number of benzene rings is 1. The van der Waals surface area contributed by atoms with Gasteiger partial charge in [0.05, 0.1) is 6.10 Å². The van der Waals surface area contributed by atoms with Crippen molar-refractivity contribution in [3.63, 3.8) is 0 Å². The molecule has 1 fully saturated rings. The fourth-order valence-electron chi connectivity index (χ4n) is 5.02. The molecule has 3 heteroatoms. The number of aryl methyl sites for hydroxylation is 1. The Bertz CT molecular complexity index is 749. The summed E-state index contributed by atoms with van der Waals surface area (Å²) in [5.74, 6) is 1.21. The summed E-state index contributed by atoms with van der Waals surface area (Å²) in [7, 11) is 4.26. The molecule has 0 radical (unpaired) electrons. The molecule has 29 heavy (non-hydrogen) atoms. The molecule has 0 saturated heterocycles. The lowest BCUT2D eigenvalue weighted by molar-refractivity contribution is -0.114. The second kappa shape index (κ2) is 10.4. The van der Waals surface area contributed by atoms with Crippen LogP contribution in [-0.2, 0) is 11.2 Å². The van der Waals surface area contributed by atoms with Gasteiger partial charge in [0.25, 0.3) is 0 Å². The number of carbonyl (C=O) groups excluding carboxylic acids is 1. The van der Waals surface area contributed by atoms with E-state index in [0.29, 0.717) is 18.3 Å². The number of ketones is 1. The van der Waals surface area contributed by atoms with Gasteiger partial charge >= 0.3 is 0 Å². The number of hydrogen-bond acceptors (Lipinski definition) is 3. The minimum absolute atomic E-state index is 0.114. The molecule has 2 aliphatic carbocycles.